The van der Waals surface area contributed by atoms with Crippen LogP contribution in [-0.4, -0.2) is 23.7 Å². The number of carbonyl (C=O) groups is 1. The zero-order valence-electron chi connectivity index (χ0n) is 14.4. The standard InChI is InChI=1S/C20H19N3O3/c1-2-11-26-17-9-7-14(8-10-17)20(25)23-21-13-16-12-15-5-3-4-6-18(15)22-19(16)24/h3-10,12-13H,2,11H2,1H3,(H,22,24)(H,23,25). The highest BCUT2D eigenvalue weighted by atomic mass is 16.5. The number of hydrazone groups is 1. The number of ether oxygens (including phenoxy) is 1. The van der Waals surface area contributed by atoms with E-state index in [0.29, 0.717) is 17.7 Å². The number of carbonyl (C=O) groups excluding carboxylic acids is 1. The summed E-state index contributed by atoms with van der Waals surface area (Å²) in [4.78, 5) is 26.9. The molecule has 6 heteroatoms. The van der Waals surface area contributed by atoms with Gasteiger partial charge in [0.05, 0.1) is 18.4 Å². The third kappa shape index (κ3) is 4.16. The van der Waals surface area contributed by atoms with Gasteiger partial charge in [0.25, 0.3) is 11.5 Å². The third-order valence-corrected chi connectivity index (χ3v) is 3.74. The van der Waals surface area contributed by atoms with Crippen LogP contribution < -0.4 is 15.7 Å². The Morgan fingerprint density at radius 2 is 1.96 bits per heavy atom. The second-order valence-corrected chi connectivity index (χ2v) is 5.71. The lowest BCUT2D eigenvalue weighted by Crippen LogP contribution is -2.19. The van der Waals surface area contributed by atoms with Gasteiger partial charge in [-0.25, -0.2) is 5.43 Å². The van der Waals surface area contributed by atoms with E-state index in [1.807, 2.05) is 31.2 Å². The van der Waals surface area contributed by atoms with E-state index in [2.05, 4.69) is 15.5 Å². The van der Waals surface area contributed by atoms with Gasteiger partial charge < -0.3 is 9.72 Å². The van der Waals surface area contributed by atoms with E-state index in [4.69, 9.17) is 4.74 Å². The summed E-state index contributed by atoms with van der Waals surface area (Å²) in [7, 11) is 0. The normalized spacial score (nSPS) is 11.0. The van der Waals surface area contributed by atoms with Crippen LogP contribution in [0.4, 0.5) is 0 Å². The molecule has 0 aliphatic carbocycles. The van der Waals surface area contributed by atoms with Gasteiger partial charge in [-0.3, -0.25) is 9.59 Å². The average molecular weight is 349 g/mol. The maximum absolute atomic E-state index is 12.1. The summed E-state index contributed by atoms with van der Waals surface area (Å²) >= 11 is 0. The molecule has 1 aromatic heterocycles. The van der Waals surface area contributed by atoms with Crippen LogP contribution in [0.1, 0.15) is 29.3 Å². The lowest BCUT2D eigenvalue weighted by Gasteiger charge is -2.05. The lowest BCUT2D eigenvalue weighted by atomic mass is 10.2. The van der Waals surface area contributed by atoms with E-state index in [1.54, 1.807) is 30.3 Å². The van der Waals surface area contributed by atoms with Crippen LogP contribution in [-0.2, 0) is 0 Å². The van der Waals surface area contributed by atoms with Crippen LogP contribution in [0.2, 0.25) is 0 Å². The first-order chi connectivity index (χ1) is 12.7. The highest BCUT2D eigenvalue weighted by Gasteiger charge is 2.05. The molecule has 0 fully saturated rings. The van der Waals surface area contributed by atoms with Gasteiger partial charge in [-0.05, 0) is 48.2 Å². The van der Waals surface area contributed by atoms with Gasteiger partial charge in [-0.1, -0.05) is 25.1 Å². The molecule has 0 radical (unpaired) electrons. The highest BCUT2D eigenvalue weighted by Crippen LogP contribution is 2.12. The highest BCUT2D eigenvalue weighted by molar-refractivity contribution is 5.95. The summed E-state index contributed by atoms with van der Waals surface area (Å²) in [5, 5.41) is 4.77. The van der Waals surface area contributed by atoms with E-state index < -0.39 is 0 Å². The molecular formula is C20H19N3O3. The molecule has 0 bridgehead atoms. The van der Waals surface area contributed by atoms with Crippen LogP contribution >= 0.6 is 0 Å². The third-order valence-electron chi connectivity index (χ3n) is 3.74. The van der Waals surface area contributed by atoms with Crippen molar-refractivity contribution in [3.05, 3.63) is 76.1 Å². The summed E-state index contributed by atoms with van der Waals surface area (Å²) in [5.41, 5.74) is 3.74. The Kier molecular flexibility index (Phi) is 5.43. The van der Waals surface area contributed by atoms with Crippen molar-refractivity contribution >= 4 is 23.0 Å². The van der Waals surface area contributed by atoms with Crippen molar-refractivity contribution in [3.8, 4) is 5.75 Å². The fraction of sp³-hybridized carbons (Fsp3) is 0.150. The molecule has 2 aromatic carbocycles. The Hall–Kier alpha value is -3.41. The molecule has 0 aliphatic heterocycles. The quantitative estimate of drug-likeness (QED) is 0.530. The van der Waals surface area contributed by atoms with Crippen molar-refractivity contribution < 1.29 is 9.53 Å². The number of hydrogen-bond acceptors (Lipinski definition) is 4. The van der Waals surface area contributed by atoms with Crippen molar-refractivity contribution in [1.29, 1.82) is 0 Å². The Balaban J connectivity index is 1.67. The van der Waals surface area contributed by atoms with Gasteiger partial charge in [-0.2, -0.15) is 5.10 Å². The Bertz CT molecular complexity index is 991. The molecule has 1 heterocycles. The number of benzene rings is 2. The van der Waals surface area contributed by atoms with E-state index in [-0.39, 0.29) is 11.5 Å². The Morgan fingerprint density at radius 3 is 2.73 bits per heavy atom. The SMILES string of the molecule is CCCOc1ccc(C(=O)NN=Cc2cc3ccccc3[nH]c2=O)cc1. The van der Waals surface area contributed by atoms with Gasteiger partial charge >= 0.3 is 0 Å². The summed E-state index contributed by atoms with van der Waals surface area (Å²) in [6.07, 6.45) is 2.26. The molecule has 0 unspecified atom stereocenters. The first-order valence-electron chi connectivity index (χ1n) is 8.35. The van der Waals surface area contributed by atoms with Gasteiger partial charge in [0, 0.05) is 11.1 Å². The minimum absolute atomic E-state index is 0.265. The molecule has 0 saturated heterocycles. The largest absolute Gasteiger partial charge is 0.494 e. The number of fused-ring (bicyclic) bond motifs is 1. The molecule has 0 spiro atoms. The average Bonchev–Trinajstić information content (AvgIpc) is 2.67. The maximum Gasteiger partial charge on any atom is 0.271 e. The predicted octanol–water partition coefficient (Wildman–Crippen LogP) is 3.08. The molecule has 0 atom stereocenters. The molecule has 2 N–H and O–H groups in total. The van der Waals surface area contributed by atoms with Crippen molar-refractivity contribution in [2.75, 3.05) is 6.61 Å². The van der Waals surface area contributed by atoms with Crippen LogP contribution in [0.3, 0.4) is 0 Å². The first-order valence-corrected chi connectivity index (χ1v) is 8.35. The van der Waals surface area contributed by atoms with Crippen molar-refractivity contribution in [2.45, 2.75) is 13.3 Å². The number of H-pyrrole nitrogens is 1. The number of nitrogens with zero attached hydrogens (tertiary/aromatic N) is 1. The Labute approximate surface area is 150 Å². The number of rotatable bonds is 6. The van der Waals surface area contributed by atoms with Gasteiger partial charge in [-0.15, -0.1) is 0 Å². The summed E-state index contributed by atoms with van der Waals surface area (Å²) < 4.78 is 5.48. The van der Waals surface area contributed by atoms with E-state index in [1.165, 1.54) is 6.21 Å². The number of amides is 1. The smallest absolute Gasteiger partial charge is 0.271 e. The summed E-state index contributed by atoms with van der Waals surface area (Å²) in [6, 6.07) is 16.0. The fourth-order valence-electron chi connectivity index (χ4n) is 2.41. The topological polar surface area (TPSA) is 83.5 Å². The predicted molar refractivity (Wildman–Crippen MR) is 102 cm³/mol. The van der Waals surface area contributed by atoms with E-state index in [9.17, 15) is 9.59 Å². The zero-order chi connectivity index (χ0) is 18.4. The maximum atomic E-state index is 12.1. The molecule has 6 nitrogen and oxygen atoms in total. The second-order valence-electron chi connectivity index (χ2n) is 5.71. The van der Waals surface area contributed by atoms with Crippen molar-refractivity contribution in [2.24, 2.45) is 5.10 Å². The van der Waals surface area contributed by atoms with Crippen LogP contribution in [0.15, 0.2) is 64.5 Å². The number of aromatic nitrogens is 1. The first kappa shape index (κ1) is 17.4. The van der Waals surface area contributed by atoms with Crippen LogP contribution in [0, 0.1) is 0 Å². The monoisotopic (exact) mass is 349 g/mol. The second kappa shape index (κ2) is 8.11. The Morgan fingerprint density at radius 1 is 1.19 bits per heavy atom. The van der Waals surface area contributed by atoms with Gasteiger partial charge in [0.15, 0.2) is 0 Å². The lowest BCUT2D eigenvalue weighted by molar-refractivity contribution is 0.0955. The minimum Gasteiger partial charge on any atom is -0.494 e. The molecule has 0 aliphatic rings. The van der Waals surface area contributed by atoms with Gasteiger partial charge in [0.2, 0.25) is 0 Å². The minimum atomic E-state index is -0.361. The molecule has 1 amide bonds. The number of hydrogen-bond donors (Lipinski definition) is 2. The van der Waals surface area contributed by atoms with Crippen LogP contribution in [0.25, 0.3) is 10.9 Å². The summed E-state index contributed by atoms with van der Waals surface area (Å²) in [6.45, 7) is 2.66. The molecule has 3 rings (SSSR count). The number of para-hydroxylation sites is 1. The van der Waals surface area contributed by atoms with Crippen molar-refractivity contribution in [3.63, 3.8) is 0 Å². The van der Waals surface area contributed by atoms with Gasteiger partial charge in [0.1, 0.15) is 5.75 Å². The number of pyridine rings is 1. The molecule has 3 aromatic rings. The number of nitrogens with one attached hydrogen (secondary N) is 2. The van der Waals surface area contributed by atoms with E-state index >= 15 is 0 Å². The number of aromatic amines is 1. The van der Waals surface area contributed by atoms with E-state index in [0.717, 1.165) is 23.1 Å². The van der Waals surface area contributed by atoms with Crippen LogP contribution in [0.5, 0.6) is 5.75 Å². The molecule has 132 valence electrons. The summed E-state index contributed by atoms with van der Waals surface area (Å²) in [5.74, 6) is 0.357. The fourth-order valence-corrected chi connectivity index (χ4v) is 2.41. The molecular weight excluding hydrogens is 330 g/mol. The molecule has 26 heavy (non-hydrogen) atoms. The molecule has 0 saturated carbocycles. The van der Waals surface area contributed by atoms with Crippen molar-refractivity contribution in [1.82, 2.24) is 10.4 Å². The zero-order valence-corrected chi connectivity index (χ0v) is 14.4.